The average molecular weight is 243 g/mol. The number of nitrogens with zero attached hydrogens (tertiary/aromatic N) is 2. The van der Waals surface area contributed by atoms with Gasteiger partial charge in [0, 0.05) is 7.05 Å². The molecule has 0 radical (unpaired) electrons. The van der Waals surface area contributed by atoms with E-state index >= 15 is 0 Å². The Morgan fingerprint density at radius 1 is 1.31 bits per heavy atom. The van der Waals surface area contributed by atoms with Crippen molar-refractivity contribution in [2.45, 2.75) is 45.1 Å². The van der Waals surface area contributed by atoms with Gasteiger partial charge in [0.1, 0.15) is 5.60 Å². The van der Waals surface area contributed by atoms with Crippen molar-refractivity contribution in [3.8, 4) is 0 Å². The van der Waals surface area contributed by atoms with Crippen molar-refractivity contribution in [2.75, 3.05) is 0 Å². The van der Waals surface area contributed by atoms with Gasteiger partial charge in [0.2, 0.25) is 0 Å². The second-order valence-corrected chi connectivity index (χ2v) is 6.07. The summed E-state index contributed by atoms with van der Waals surface area (Å²) < 4.78 is 1.70. The summed E-state index contributed by atoms with van der Waals surface area (Å²) in [6.07, 6.45) is 5.17. The molecule has 0 atom stereocenters. The largest absolute Gasteiger partial charge is 0.384 e. The summed E-state index contributed by atoms with van der Waals surface area (Å²) in [6, 6.07) is 0. The predicted molar refractivity (Wildman–Crippen MR) is 64.4 cm³/mol. The minimum Gasteiger partial charge on any atom is -0.384 e. The highest BCUT2D eigenvalue weighted by Gasteiger charge is 2.41. The zero-order chi connectivity index (χ0) is 12.0. The molecule has 1 saturated carbocycles. The van der Waals surface area contributed by atoms with E-state index in [0.29, 0.717) is 10.4 Å². The van der Waals surface area contributed by atoms with Gasteiger partial charge in [-0.25, -0.2) is 0 Å². The SMILES string of the molecule is Cn1ncc(Cl)c1C1(O)CCC(C)(C)CC1. The number of rotatable bonds is 1. The van der Waals surface area contributed by atoms with Gasteiger partial charge in [-0.05, 0) is 31.1 Å². The molecule has 0 unspecified atom stereocenters. The highest BCUT2D eigenvalue weighted by molar-refractivity contribution is 6.31. The molecule has 0 spiro atoms. The summed E-state index contributed by atoms with van der Waals surface area (Å²) in [5.74, 6) is 0. The number of aliphatic hydroxyl groups is 1. The maximum Gasteiger partial charge on any atom is 0.108 e. The van der Waals surface area contributed by atoms with E-state index in [1.165, 1.54) is 0 Å². The second kappa shape index (κ2) is 3.74. The summed E-state index contributed by atoms with van der Waals surface area (Å²) >= 11 is 6.10. The predicted octanol–water partition coefficient (Wildman–Crippen LogP) is 2.86. The molecular weight excluding hydrogens is 224 g/mol. The molecule has 0 amide bonds. The Kier molecular flexibility index (Phi) is 2.79. The lowest BCUT2D eigenvalue weighted by Gasteiger charge is -2.40. The zero-order valence-corrected chi connectivity index (χ0v) is 10.9. The second-order valence-electron chi connectivity index (χ2n) is 5.66. The van der Waals surface area contributed by atoms with Gasteiger partial charge in [-0.2, -0.15) is 5.10 Å². The minimum absolute atomic E-state index is 0.331. The first-order chi connectivity index (χ1) is 7.34. The monoisotopic (exact) mass is 242 g/mol. The molecule has 1 fully saturated rings. The van der Waals surface area contributed by atoms with Crippen LogP contribution in [0.1, 0.15) is 45.2 Å². The molecule has 0 aliphatic heterocycles. The van der Waals surface area contributed by atoms with E-state index in [0.717, 1.165) is 31.4 Å². The van der Waals surface area contributed by atoms with E-state index in [2.05, 4.69) is 18.9 Å². The van der Waals surface area contributed by atoms with Crippen LogP contribution in [0.2, 0.25) is 5.02 Å². The maximum absolute atomic E-state index is 10.7. The van der Waals surface area contributed by atoms with E-state index in [1.54, 1.807) is 10.9 Å². The molecule has 16 heavy (non-hydrogen) atoms. The fourth-order valence-electron chi connectivity index (χ4n) is 2.51. The van der Waals surface area contributed by atoms with Crippen molar-refractivity contribution >= 4 is 11.6 Å². The number of halogens is 1. The molecule has 3 nitrogen and oxygen atoms in total. The van der Waals surface area contributed by atoms with Crippen LogP contribution in [0.5, 0.6) is 0 Å². The van der Waals surface area contributed by atoms with Crippen molar-refractivity contribution in [3.63, 3.8) is 0 Å². The van der Waals surface area contributed by atoms with Gasteiger partial charge in [0.25, 0.3) is 0 Å². The molecule has 1 aromatic heterocycles. The standard InChI is InChI=1S/C12H19ClN2O/c1-11(2)4-6-12(16,7-5-11)10-9(13)8-14-15(10)3/h8,16H,4-7H2,1-3H3. The third-order valence-corrected chi connectivity index (χ3v) is 4.04. The van der Waals surface area contributed by atoms with Crippen LogP contribution in [0.25, 0.3) is 0 Å². The van der Waals surface area contributed by atoms with Crippen molar-refractivity contribution < 1.29 is 5.11 Å². The van der Waals surface area contributed by atoms with E-state index < -0.39 is 5.60 Å². The molecule has 0 aromatic carbocycles. The van der Waals surface area contributed by atoms with Crippen LogP contribution in [0, 0.1) is 5.41 Å². The molecule has 1 N–H and O–H groups in total. The minimum atomic E-state index is -0.794. The van der Waals surface area contributed by atoms with E-state index in [9.17, 15) is 5.11 Å². The fraction of sp³-hybridized carbons (Fsp3) is 0.750. The van der Waals surface area contributed by atoms with Crippen molar-refractivity contribution in [1.29, 1.82) is 0 Å². The van der Waals surface area contributed by atoms with Crippen molar-refractivity contribution in [3.05, 3.63) is 16.9 Å². The molecular formula is C12H19ClN2O. The van der Waals surface area contributed by atoms with Gasteiger partial charge in [-0.1, -0.05) is 25.4 Å². The smallest absolute Gasteiger partial charge is 0.108 e. The normalized spacial score (nSPS) is 23.3. The third-order valence-electron chi connectivity index (χ3n) is 3.77. The van der Waals surface area contributed by atoms with Crippen LogP contribution >= 0.6 is 11.6 Å². The van der Waals surface area contributed by atoms with Crippen LogP contribution in [0.4, 0.5) is 0 Å². The summed E-state index contributed by atoms with van der Waals surface area (Å²) in [6.45, 7) is 4.49. The number of aryl methyl sites for hydroxylation is 1. The lowest BCUT2D eigenvalue weighted by atomic mass is 9.70. The van der Waals surface area contributed by atoms with E-state index in [4.69, 9.17) is 11.6 Å². The Morgan fingerprint density at radius 3 is 2.31 bits per heavy atom. The maximum atomic E-state index is 10.7. The molecule has 4 heteroatoms. The Morgan fingerprint density at radius 2 is 1.88 bits per heavy atom. The van der Waals surface area contributed by atoms with Gasteiger partial charge in [0.15, 0.2) is 0 Å². The zero-order valence-electron chi connectivity index (χ0n) is 10.1. The molecule has 1 aliphatic rings. The summed E-state index contributed by atoms with van der Waals surface area (Å²) in [5.41, 5.74) is 0.305. The first-order valence-electron chi connectivity index (χ1n) is 5.74. The lowest BCUT2D eigenvalue weighted by Crippen LogP contribution is -2.36. The quantitative estimate of drug-likeness (QED) is 0.823. The van der Waals surface area contributed by atoms with Crippen molar-refractivity contribution in [2.24, 2.45) is 12.5 Å². The summed E-state index contributed by atoms with van der Waals surface area (Å²) in [7, 11) is 1.83. The summed E-state index contributed by atoms with van der Waals surface area (Å²) in [5, 5.41) is 15.4. The number of hydrogen-bond donors (Lipinski definition) is 1. The Labute approximate surface area is 101 Å². The molecule has 1 aromatic rings. The number of aromatic nitrogens is 2. The fourth-order valence-corrected chi connectivity index (χ4v) is 2.85. The van der Waals surface area contributed by atoms with Crippen LogP contribution in [-0.4, -0.2) is 14.9 Å². The Bertz CT molecular complexity index is 368. The average Bonchev–Trinajstić information content (AvgIpc) is 2.53. The molecule has 1 heterocycles. The molecule has 90 valence electrons. The van der Waals surface area contributed by atoms with Crippen LogP contribution in [-0.2, 0) is 12.6 Å². The first kappa shape index (κ1) is 11.9. The van der Waals surface area contributed by atoms with Crippen molar-refractivity contribution in [1.82, 2.24) is 9.78 Å². The summed E-state index contributed by atoms with van der Waals surface area (Å²) in [4.78, 5) is 0. The van der Waals surface area contributed by atoms with Crippen LogP contribution in [0.3, 0.4) is 0 Å². The lowest BCUT2D eigenvalue weighted by molar-refractivity contribution is -0.0366. The Hall–Kier alpha value is -0.540. The first-order valence-corrected chi connectivity index (χ1v) is 6.12. The molecule has 0 bridgehead atoms. The van der Waals surface area contributed by atoms with Crippen LogP contribution < -0.4 is 0 Å². The van der Waals surface area contributed by atoms with E-state index in [-0.39, 0.29) is 0 Å². The third kappa shape index (κ3) is 1.98. The van der Waals surface area contributed by atoms with Gasteiger partial charge in [-0.3, -0.25) is 4.68 Å². The van der Waals surface area contributed by atoms with Gasteiger partial charge in [0.05, 0.1) is 16.9 Å². The number of hydrogen-bond acceptors (Lipinski definition) is 2. The highest BCUT2D eigenvalue weighted by atomic mass is 35.5. The van der Waals surface area contributed by atoms with Crippen LogP contribution in [0.15, 0.2) is 6.20 Å². The molecule has 1 aliphatic carbocycles. The van der Waals surface area contributed by atoms with E-state index in [1.807, 2.05) is 7.05 Å². The van der Waals surface area contributed by atoms with Gasteiger partial charge in [-0.15, -0.1) is 0 Å². The molecule has 0 saturated heterocycles. The van der Waals surface area contributed by atoms with Gasteiger partial charge < -0.3 is 5.11 Å². The van der Waals surface area contributed by atoms with Gasteiger partial charge >= 0.3 is 0 Å². The molecule has 2 rings (SSSR count). The topological polar surface area (TPSA) is 38.0 Å². The highest BCUT2D eigenvalue weighted by Crippen LogP contribution is 2.46. The Balaban J connectivity index is 2.28.